The molecule has 1 heterocycles. The van der Waals surface area contributed by atoms with E-state index in [1.807, 2.05) is 0 Å². The van der Waals surface area contributed by atoms with Crippen molar-refractivity contribution in [3.63, 3.8) is 0 Å². The highest BCUT2D eigenvalue weighted by Crippen LogP contribution is 2.20. The van der Waals surface area contributed by atoms with Crippen molar-refractivity contribution >= 4 is 0 Å². The molecule has 1 aliphatic heterocycles. The van der Waals surface area contributed by atoms with Crippen LogP contribution in [0.5, 0.6) is 0 Å². The number of hydrazine groups is 1. The summed E-state index contributed by atoms with van der Waals surface area (Å²) in [6, 6.07) is 1.40. The smallest absolute Gasteiger partial charge is 0.0217 e. The molecule has 0 amide bonds. The first-order valence-corrected chi connectivity index (χ1v) is 6.20. The van der Waals surface area contributed by atoms with Gasteiger partial charge in [-0.1, -0.05) is 13.3 Å². The van der Waals surface area contributed by atoms with E-state index in [-0.39, 0.29) is 0 Å². The molecule has 0 bridgehead atoms. The molecule has 0 N–H and O–H groups in total. The predicted molar refractivity (Wildman–Crippen MR) is 62.2 cm³/mol. The number of hydrogen-bond acceptors (Lipinski definition) is 2. The molecule has 1 aliphatic rings. The lowest BCUT2D eigenvalue weighted by atomic mass is 10.1. The SMILES string of the molecule is CCCN(C(C)C)N1CCCCC1C. The van der Waals surface area contributed by atoms with Crippen LogP contribution >= 0.6 is 0 Å². The van der Waals surface area contributed by atoms with Crippen LogP contribution in [0.3, 0.4) is 0 Å². The largest absolute Gasteiger partial charge is 0.239 e. The van der Waals surface area contributed by atoms with Crippen molar-refractivity contribution in [3.05, 3.63) is 0 Å². The van der Waals surface area contributed by atoms with E-state index in [0.29, 0.717) is 6.04 Å². The summed E-state index contributed by atoms with van der Waals surface area (Å²) < 4.78 is 0. The van der Waals surface area contributed by atoms with Crippen LogP contribution in [0.4, 0.5) is 0 Å². The van der Waals surface area contributed by atoms with Gasteiger partial charge in [-0.2, -0.15) is 0 Å². The zero-order valence-electron chi connectivity index (χ0n) is 10.3. The van der Waals surface area contributed by atoms with Gasteiger partial charge in [0.2, 0.25) is 0 Å². The third kappa shape index (κ3) is 2.96. The summed E-state index contributed by atoms with van der Waals surface area (Å²) in [5.41, 5.74) is 0. The fraction of sp³-hybridized carbons (Fsp3) is 1.00. The highest BCUT2D eigenvalue weighted by molar-refractivity contribution is 4.73. The van der Waals surface area contributed by atoms with Crippen molar-refractivity contribution in [2.75, 3.05) is 13.1 Å². The van der Waals surface area contributed by atoms with Crippen LogP contribution < -0.4 is 0 Å². The Hall–Kier alpha value is -0.0800. The second-order valence-electron chi connectivity index (χ2n) is 4.76. The van der Waals surface area contributed by atoms with E-state index in [9.17, 15) is 0 Å². The summed E-state index contributed by atoms with van der Waals surface area (Å²) in [4.78, 5) is 0. The van der Waals surface area contributed by atoms with E-state index < -0.39 is 0 Å². The molecule has 0 saturated carbocycles. The molecule has 0 spiro atoms. The minimum Gasteiger partial charge on any atom is -0.239 e. The maximum absolute atomic E-state index is 2.59. The molecule has 1 unspecified atom stereocenters. The van der Waals surface area contributed by atoms with Crippen LogP contribution in [0.15, 0.2) is 0 Å². The second-order valence-corrected chi connectivity index (χ2v) is 4.76. The zero-order chi connectivity index (χ0) is 10.6. The standard InChI is InChI=1S/C12H26N2/c1-5-9-13(11(2)3)14-10-7-6-8-12(14)4/h11-12H,5-10H2,1-4H3. The molecule has 1 saturated heterocycles. The zero-order valence-corrected chi connectivity index (χ0v) is 10.3. The van der Waals surface area contributed by atoms with E-state index in [1.165, 1.54) is 38.8 Å². The molecule has 0 radical (unpaired) electrons. The van der Waals surface area contributed by atoms with Gasteiger partial charge in [-0.15, -0.1) is 0 Å². The Labute approximate surface area is 89.2 Å². The Morgan fingerprint density at radius 1 is 1.36 bits per heavy atom. The maximum atomic E-state index is 2.59. The van der Waals surface area contributed by atoms with E-state index in [1.54, 1.807) is 0 Å². The first kappa shape index (κ1) is 12.0. The van der Waals surface area contributed by atoms with Gasteiger partial charge in [-0.05, 0) is 40.0 Å². The molecule has 14 heavy (non-hydrogen) atoms. The summed E-state index contributed by atoms with van der Waals surface area (Å²) >= 11 is 0. The Kier molecular flexibility index (Phi) is 4.90. The molecule has 1 atom stereocenters. The van der Waals surface area contributed by atoms with Crippen molar-refractivity contribution in [2.45, 2.75) is 65.5 Å². The van der Waals surface area contributed by atoms with E-state index in [4.69, 9.17) is 0 Å². The van der Waals surface area contributed by atoms with Gasteiger partial charge in [0.1, 0.15) is 0 Å². The first-order valence-electron chi connectivity index (χ1n) is 6.20. The quantitative estimate of drug-likeness (QED) is 0.685. The van der Waals surface area contributed by atoms with Gasteiger partial charge in [0.05, 0.1) is 0 Å². The van der Waals surface area contributed by atoms with E-state index in [2.05, 4.69) is 37.7 Å². The minimum absolute atomic E-state index is 0.649. The molecule has 2 heteroatoms. The van der Waals surface area contributed by atoms with Crippen molar-refractivity contribution in [3.8, 4) is 0 Å². The summed E-state index contributed by atoms with van der Waals surface area (Å²) in [7, 11) is 0. The van der Waals surface area contributed by atoms with Gasteiger partial charge in [0, 0.05) is 25.2 Å². The number of hydrogen-bond donors (Lipinski definition) is 0. The fourth-order valence-electron chi connectivity index (χ4n) is 2.38. The number of nitrogens with zero attached hydrogens (tertiary/aromatic N) is 2. The van der Waals surface area contributed by atoms with Crippen LogP contribution in [0.25, 0.3) is 0 Å². The highest BCUT2D eigenvalue weighted by atomic mass is 15.6. The van der Waals surface area contributed by atoms with Crippen LogP contribution in [0.2, 0.25) is 0 Å². The third-order valence-corrected chi connectivity index (χ3v) is 3.15. The van der Waals surface area contributed by atoms with Crippen LogP contribution in [-0.2, 0) is 0 Å². The Bertz CT molecular complexity index is 154. The molecule has 1 rings (SSSR count). The number of rotatable bonds is 4. The molecule has 0 aliphatic carbocycles. The normalized spacial score (nSPS) is 24.9. The lowest BCUT2D eigenvalue weighted by Crippen LogP contribution is -2.53. The molecular formula is C12H26N2. The average molecular weight is 198 g/mol. The topological polar surface area (TPSA) is 6.48 Å². The lowest BCUT2D eigenvalue weighted by molar-refractivity contribution is -0.0933. The van der Waals surface area contributed by atoms with Gasteiger partial charge in [0.15, 0.2) is 0 Å². The summed E-state index contributed by atoms with van der Waals surface area (Å²) in [6.07, 6.45) is 5.40. The summed E-state index contributed by atoms with van der Waals surface area (Å²) in [5.74, 6) is 0. The van der Waals surface area contributed by atoms with Gasteiger partial charge >= 0.3 is 0 Å². The molecule has 84 valence electrons. The fourth-order valence-corrected chi connectivity index (χ4v) is 2.38. The first-order chi connectivity index (χ1) is 6.66. The van der Waals surface area contributed by atoms with Crippen molar-refractivity contribution in [1.82, 2.24) is 10.0 Å². The second kappa shape index (κ2) is 5.72. The summed E-state index contributed by atoms with van der Waals surface area (Å²) in [6.45, 7) is 11.7. The van der Waals surface area contributed by atoms with Gasteiger partial charge in [0.25, 0.3) is 0 Å². The Balaban J connectivity index is 2.55. The average Bonchev–Trinajstić information content (AvgIpc) is 2.15. The molecule has 2 nitrogen and oxygen atoms in total. The van der Waals surface area contributed by atoms with E-state index in [0.717, 1.165) is 6.04 Å². The van der Waals surface area contributed by atoms with E-state index >= 15 is 0 Å². The number of piperidine rings is 1. The van der Waals surface area contributed by atoms with Gasteiger partial charge in [-0.25, -0.2) is 10.0 Å². The Morgan fingerprint density at radius 3 is 2.57 bits per heavy atom. The van der Waals surface area contributed by atoms with Crippen LogP contribution in [0.1, 0.15) is 53.4 Å². The summed E-state index contributed by atoms with van der Waals surface area (Å²) in [5, 5.41) is 5.15. The molecule has 0 aromatic rings. The lowest BCUT2D eigenvalue weighted by Gasteiger charge is -2.44. The van der Waals surface area contributed by atoms with Crippen molar-refractivity contribution in [2.24, 2.45) is 0 Å². The van der Waals surface area contributed by atoms with Crippen molar-refractivity contribution < 1.29 is 0 Å². The van der Waals surface area contributed by atoms with Crippen molar-refractivity contribution in [1.29, 1.82) is 0 Å². The van der Waals surface area contributed by atoms with Gasteiger partial charge in [-0.3, -0.25) is 0 Å². The molecular weight excluding hydrogens is 172 g/mol. The maximum Gasteiger partial charge on any atom is 0.0217 e. The highest BCUT2D eigenvalue weighted by Gasteiger charge is 2.24. The Morgan fingerprint density at radius 2 is 2.07 bits per heavy atom. The molecule has 0 aromatic carbocycles. The predicted octanol–water partition coefficient (Wildman–Crippen LogP) is 2.90. The van der Waals surface area contributed by atoms with Gasteiger partial charge < -0.3 is 0 Å². The van der Waals surface area contributed by atoms with Crippen LogP contribution in [0, 0.1) is 0 Å². The minimum atomic E-state index is 0.649. The third-order valence-electron chi connectivity index (χ3n) is 3.15. The van der Waals surface area contributed by atoms with Crippen LogP contribution in [-0.4, -0.2) is 35.2 Å². The monoisotopic (exact) mass is 198 g/mol. The molecule has 0 aromatic heterocycles. The molecule has 1 fully saturated rings.